The molecule has 14 nitrogen and oxygen atoms in total. The molecule has 49 heavy (non-hydrogen) atoms. The van der Waals surface area contributed by atoms with Crippen molar-refractivity contribution in [3.8, 4) is 0 Å². The number of nitrogens with two attached hydrogens (primary N) is 1. The quantitative estimate of drug-likeness (QED) is 0.183. The Bertz CT molecular complexity index is 2360. The van der Waals surface area contributed by atoms with Gasteiger partial charge >= 0.3 is 0 Å². The van der Waals surface area contributed by atoms with E-state index in [1.807, 2.05) is 18.2 Å². The number of hydrogen-bond donors (Lipinski definition) is 3. The summed E-state index contributed by atoms with van der Waals surface area (Å²) in [5, 5.41) is 12.0. The predicted molar refractivity (Wildman–Crippen MR) is 188 cm³/mol. The minimum Gasteiger partial charge on any atom is -0.382 e. The number of hydrogen-bond acceptors (Lipinski definition) is 12. The first-order valence-electron chi connectivity index (χ1n) is 15.2. The Kier molecular flexibility index (Phi) is 9.85. The molecule has 1 atom stereocenters. The Balaban J connectivity index is 0.000000191. The van der Waals surface area contributed by atoms with Crippen molar-refractivity contribution in [2.45, 2.75) is 44.3 Å². The number of imidazole rings is 2. The fourth-order valence-corrected chi connectivity index (χ4v) is 7.07. The monoisotopic (exact) mass is 704 g/mol. The third-order valence-electron chi connectivity index (χ3n) is 7.57. The molecule has 0 aliphatic heterocycles. The third-order valence-corrected chi connectivity index (χ3v) is 11.7. The van der Waals surface area contributed by atoms with Crippen LogP contribution in [0, 0.1) is 0 Å². The van der Waals surface area contributed by atoms with Crippen LogP contribution in [0.25, 0.3) is 22.3 Å². The zero-order chi connectivity index (χ0) is 35.7. The van der Waals surface area contributed by atoms with Crippen LogP contribution in [0.5, 0.6) is 0 Å². The summed E-state index contributed by atoms with van der Waals surface area (Å²) in [4.78, 5) is 29.4. The van der Waals surface area contributed by atoms with Gasteiger partial charge in [-0.25, -0.2) is 36.8 Å². The van der Waals surface area contributed by atoms with Gasteiger partial charge < -0.3 is 16.2 Å². The SMILES string of the molecule is CC(C)S(=O)(=O)n1c(N)nc2ccc(C(=O)c3ccccc3)nc21.CNc1nc2ccc(C(O)c3ccccc3)nc2n1S(=O)(=O)C(C)C. The van der Waals surface area contributed by atoms with E-state index in [1.54, 1.807) is 95.4 Å². The fraction of sp³-hybridized carbons (Fsp3) is 0.242. The maximum absolute atomic E-state index is 12.7. The second-order valence-electron chi connectivity index (χ2n) is 11.5. The van der Waals surface area contributed by atoms with Crippen LogP contribution in [0.2, 0.25) is 0 Å². The first-order chi connectivity index (χ1) is 23.2. The molecule has 0 amide bonds. The number of nitrogens with zero attached hydrogens (tertiary/aromatic N) is 6. The van der Waals surface area contributed by atoms with Gasteiger partial charge in [0.2, 0.25) is 37.7 Å². The van der Waals surface area contributed by atoms with Gasteiger partial charge in [0.25, 0.3) is 0 Å². The van der Waals surface area contributed by atoms with Gasteiger partial charge in [-0.3, -0.25) is 4.79 Å². The van der Waals surface area contributed by atoms with Crippen LogP contribution in [-0.4, -0.2) is 73.2 Å². The second-order valence-corrected chi connectivity index (χ2v) is 16.2. The summed E-state index contributed by atoms with van der Waals surface area (Å²) in [5.41, 5.74) is 8.43. The van der Waals surface area contributed by atoms with E-state index in [2.05, 4.69) is 25.3 Å². The number of nitrogen functional groups attached to an aromatic ring is 1. The number of carbonyl (C=O) groups excluding carboxylic acids is 1. The molecule has 0 spiro atoms. The molecule has 0 bridgehead atoms. The Morgan fingerprint density at radius 3 is 1.84 bits per heavy atom. The molecule has 0 aliphatic carbocycles. The minimum absolute atomic E-state index is 0.0583. The molecular weight excluding hydrogens is 669 g/mol. The lowest BCUT2D eigenvalue weighted by atomic mass is 10.1. The molecule has 0 radical (unpaired) electrons. The van der Waals surface area contributed by atoms with Crippen LogP contribution in [0.4, 0.5) is 11.9 Å². The van der Waals surface area contributed by atoms with Gasteiger partial charge in [0.15, 0.2) is 11.3 Å². The third kappa shape index (κ3) is 6.75. The van der Waals surface area contributed by atoms with Gasteiger partial charge in [0.1, 0.15) is 22.8 Å². The highest BCUT2D eigenvalue weighted by molar-refractivity contribution is 7.91. The number of rotatable bonds is 9. The van der Waals surface area contributed by atoms with Crippen molar-refractivity contribution in [2.24, 2.45) is 0 Å². The van der Waals surface area contributed by atoms with Crippen LogP contribution in [0.1, 0.15) is 61.1 Å². The first kappa shape index (κ1) is 35.1. The van der Waals surface area contributed by atoms with Crippen LogP contribution < -0.4 is 11.1 Å². The first-order valence-corrected chi connectivity index (χ1v) is 18.2. The smallest absolute Gasteiger partial charge is 0.245 e. The number of fused-ring (bicyclic) bond motifs is 2. The molecule has 256 valence electrons. The minimum atomic E-state index is -3.74. The number of nitrogens with one attached hydrogen (secondary N) is 1. The lowest BCUT2D eigenvalue weighted by Gasteiger charge is -2.13. The summed E-state index contributed by atoms with van der Waals surface area (Å²) in [6.07, 6.45) is -0.950. The average Bonchev–Trinajstić information content (AvgIpc) is 3.65. The Morgan fingerprint density at radius 2 is 1.24 bits per heavy atom. The van der Waals surface area contributed by atoms with Gasteiger partial charge in [-0.2, -0.15) is 7.94 Å². The van der Waals surface area contributed by atoms with Gasteiger partial charge in [0.05, 0.1) is 16.2 Å². The van der Waals surface area contributed by atoms with Crippen molar-refractivity contribution >= 4 is 60.1 Å². The van der Waals surface area contributed by atoms with E-state index in [0.717, 1.165) is 7.94 Å². The number of ketones is 1. The molecule has 16 heteroatoms. The number of aliphatic hydroxyl groups is 1. The van der Waals surface area contributed by atoms with Crippen molar-refractivity contribution in [3.05, 3.63) is 107 Å². The molecule has 0 saturated heterocycles. The maximum atomic E-state index is 12.7. The van der Waals surface area contributed by atoms with E-state index in [-0.39, 0.29) is 34.7 Å². The van der Waals surface area contributed by atoms with Crippen molar-refractivity contribution in [1.29, 1.82) is 0 Å². The summed E-state index contributed by atoms with van der Waals surface area (Å²) in [5.74, 6) is -0.274. The summed E-state index contributed by atoms with van der Waals surface area (Å²) in [6, 6.07) is 24.1. The summed E-state index contributed by atoms with van der Waals surface area (Å²) in [6.45, 7) is 6.28. The molecule has 4 N–H and O–H groups in total. The van der Waals surface area contributed by atoms with Crippen LogP contribution in [0.3, 0.4) is 0 Å². The Hall–Kier alpha value is -5.19. The van der Waals surface area contributed by atoms with Crippen LogP contribution in [0.15, 0.2) is 84.9 Å². The highest BCUT2D eigenvalue weighted by atomic mass is 32.2. The topological polar surface area (TPSA) is 205 Å². The number of aromatic nitrogens is 6. The van der Waals surface area contributed by atoms with Crippen molar-refractivity contribution in [2.75, 3.05) is 18.1 Å². The van der Waals surface area contributed by atoms with E-state index in [0.29, 0.717) is 27.9 Å². The number of aliphatic hydroxyl groups excluding tert-OH is 1. The second kappa shape index (κ2) is 13.7. The standard InChI is InChI=1S/C17H20N4O3S.C16H16N4O3S/c1-11(2)25(23,24)21-16-14(20-17(21)18-3)10-9-13(19-16)15(22)12-7-5-4-6-8-12;1-10(2)24(22,23)20-15-13(19-16(20)17)9-8-12(18-15)14(21)11-6-4-3-5-7-11/h4-11,15,22H,1-3H3,(H,18,20);3-10H,1-2H3,(H2,17,19). The predicted octanol–water partition coefficient (Wildman–Crippen LogP) is 3.97. The number of anilines is 2. The molecule has 1 unspecified atom stereocenters. The molecule has 4 heterocycles. The van der Waals surface area contributed by atoms with Gasteiger partial charge in [-0.15, -0.1) is 0 Å². The molecule has 0 aliphatic rings. The van der Waals surface area contributed by atoms with Crippen molar-refractivity contribution in [3.63, 3.8) is 0 Å². The highest BCUT2D eigenvalue weighted by Gasteiger charge is 2.28. The zero-order valence-corrected chi connectivity index (χ0v) is 29.0. The van der Waals surface area contributed by atoms with E-state index >= 15 is 0 Å². The molecule has 6 aromatic rings. The van der Waals surface area contributed by atoms with E-state index in [1.165, 1.54) is 6.07 Å². The van der Waals surface area contributed by atoms with E-state index in [4.69, 9.17) is 5.73 Å². The lowest BCUT2D eigenvalue weighted by Crippen LogP contribution is -2.24. The van der Waals surface area contributed by atoms with Crippen LogP contribution in [-0.2, 0) is 20.0 Å². The largest absolute Gasteiger partial charge is 0.382 e. The molecular formula is C33H36N8O6S2. The summed E-state index contributed by atoms with van der Waals surface area (Å²) >= 11 is 0. The number of pyridine rings is 2. The molecule has 2 aromatic carbocycles. The maximum Gasteiger partial charge on any atom is 0.245 e. The number of benzene rings is 2. The summed E-state index contributed by atoms with van der Waals surface area (Å²) in [7, 11) is -5.80. The van der Waals surface area contributed by atoms with Gasteiger partial charge in [-0.1, -0.05) is 60.7 Å². The molecule has 4 aromatic heterocycles. The average molecular weight is 705 g/mol. The number of carbonyl (C=O) groups is 1. The van der Waals surface area contributed by atoms with Gasteiger partial charge in [-0.05, 0) is 57.5 Å². The zero-order valence-electron chi connectivity index (χ0n) is 27.4. The Morgan fingerprint density at radius 1 is 0.714 bits per heavy atom. The van der Waals surface area contributed by atoms with Crippen molar-refractivity contribution < 1.29 is 26.7 Å². The normalized spacial score (nSPS) is 12.7. The van der Waals surface area contributed by atoms with E-state index in [9.17, 15) is 26.7 Å². The van der Waals surface area contributed by atoms with Gasteiger partial charge in [0, 0.05) is 12.6 Å². The fourth-order valence-electron chi connectivity index (χ4n) is 4.80. The molecule has 6 rings (SSSR count). The summed E-state index contributed by atoms with van der Waals surface area (Å²) < 4.78 is 52.4. The Labute approximate surface area is 283 Å². The molecule has 0 saturated carbocycles. The van der Waals surface area contributed by atoms with Crippen LogP contribution >= 0.6 is 0 Å². The highest BCUT2D eigenvalue weighted by Crippen LogP contribution is 2.27. The van der Waals surface area contributed by atoms with Crippen molar-refractivity contribution in [1.82, 2.24) is 27.9 Å². The molecule has 0 fully saturated rings. The lowest BCUT2D eigenvalue weighted by molar-refractivity contribution is 0.103. The van der Waals surface area contributed by atoms with E-state index < -0.39 is 36.7 Å².